The molecule has 6 nitrogen and oxygen atoms in total. The highest BCUT2D eigenvalue weighted by molar-refractivity contribution is 7.98. The van der Waals surface area contributed by atoms with Crippen molar-refractivity contribution in [3.05, 3.63) is 69.8 Å². The van der Waals surface area contributed by atoms with E-state index in [1.807, 2.05) is 29.7 Å². The minimum atomic E-state index is 0.355. The minimum absolute atomic E-state index is 0.355. The number of benzene rings is 2. The topological polar surface area (TPSA) is 69.6 Å². The van der Waals surface area contributed by atoms with Crippen molar-refractivity contribution in [2.45, 2.75) is 24.8 Å². The molecular formula is C19H15Cl2N5OS. The third-order valence-electron chi connectivity index (χ3n) is 4.10. The quantitative estimate of drug-likeness (QED) is 0.386. The number of thioether (sulfide) groups is 1. The van der Waals surface area contributed by atoms with Gasteiger partial charge in [-0.2, -0.15) is 0 Å². The number of aromatic nitrogens is 5. The molecule has 0 spiro atoms. The van der Waals surface area contributed by atoms with Gasteiger partial charge >= 0.3 is 0 Å². The molecule has 2 aromatic carbocycles. The van der Waals surface area contributed by atoms with Gasteiger partial charge in [-0.3, -0.25) is 4.57 Å². The zero-order chi connectivity index (χ0) is 19.7. The summed E-state index contributed by atoms with van der Waals surface area (Å²) in [4.78, 5) is 0. The molecule has 4 rings (SSSR count). The monoisotopic (exact) mass is 431 g/mol. The first-order chi connectivity index (χ1) is 13.5. The van der Waals surface area contributed by atoms with Gasteiger partial charge in [0.15, 0.2) is 5.16 Å². The maximum Gasteiger partial charge on any atom is 0.249 e. The normalized spacial score (nSPS) is 11.1. The average molecular weight is 432 g/mol. The predicted molar refractivity (Wildman–Crippen MR) is 110 cm³/mol. The molecule has 0 aliphatic carbocycles. The van der Waals surface area contributed by atoms with Crippen molar-refractivity contribution < 1.29 is 4.42 Å². The fraction of sp³-hybridized carbons (Fsp3) is 0.158. The number of nitrogens with zero attached hydrogens (tertiary/aromatic N) is 5. The van der Waals surface area contributed by atoms with Crippen molar-refractivity contribution in [1.82, 2.24) is 25.0 Å². The minimum Gasteiger partial charge on any atom is -0.420 e. The van der Waals surface area contributed by atoms with Crippen molar-refractivity contribution in [1.29, 1.82) is 0 Å². The number of hydrogen-bond acceptors (Lipinski definition) is 6. The molecule has 0 unspecified atom stereocenters. The summed E-state index contributed by atoms with van der Waals surface area (Å²) in [5.41, 5.74) is 2.84. The fourth-order valence-corrected chi connectivity index (χ4v) is 4.05. The van der Waals surface area contributed by atoms with E-state index in [1.54, 1.807) is 18.2 Å². The molecule has 2 aromatic heterocycles. The Morgan fingerprint density at radius 2 is 1.82 bits per heavy atom. The van der Waals surface area contributed by atoms with Gasteiger partial charge in [0.2, 0.25) is 11.8 Å². The van der Waals surface area contributed by atoms with Gasteiger partial charge in [0.05, 0.1) is 22.0 Å². The lowest BCUT2D eigenvalue weighted by molar-refractivity contribution is 0.528. The first-order valence-corrected chi connectivity index (χ1v) is 10.2. The molecule has 0 aliphatic heterocycles. The lowest BCUT2D eigenvalue weighted by Gasteiger charge is -2.10. The molecule has 28 heavy (non-hydrogen) atoms. The van der Waals surface area contributed by atoms with Crippen LogP contribution in [0.3, 0.4) is 0 Å². The number of halogens is 2. The van der Waals surface area contributed by atoms with E-state index in [1.165, 1.54) is 11.8 Å². The van der Waals surface area contributed by atoms with E-state index in [-0.39, 0.29) is 0 Å². The summed E-state index contributed by atoms with van der Waals surface area (Å²) in [5, 5.41) is 18.5. The number of aryl methyl sites for hydroxylation is 2. The number of para-hydroxylation sites is 1. The Balaban J connectivity index is 1.55. The smallest absolute Gasteiger partial charge is 0.249 e. The van der Waals surface area contributed by atoms with E-state index in [9.17, 15) is 0 Å². The summed E-state index contributed by atoms with van der Waals surface area (Å²) in [6.07, 6.45) is 0. The molecule has 0 N–H and O–H groups in total. The summed E-state index contributed by atoms with van der Waals surface area (Å²) in [6, 6.07) is 13.2. The SMILES string of the molecule is Cc1ccccc1-n1c(C)nnc1SCc1nnc(-c2ccc(Cl)cc2Cl)o1. The molecule has 0 fully saturated rings. The van der Waals surface area contributed by atoms with Crippen molar-refractivity contribution in [2.75, 3.05) is 0 Å². The van der Waals surface area contributed by atoms with Gasteiger partial charge in [-0.1, -0.05) is 53.2 Å². The Morgan fingerprint density at radius 3 is 2.61 bits per heavy atom. The zero-order valence-electron chi connectivity index (χ0n) is 15.1. The maximum absolute atomic E-state index is 6.21. The largest absolute Gasteiger partial charge is 0.420 e. The van der Waals surface area contributed by atoms with Crippen LogP contribution in [0.25, 0.3) is 17.1 Å². The van der Waals surface area contributed by atoms with Crippen molar-refractivity contribution in [2.24, 2.45) is 0 Å². The van der Waals surface area contributed by atoms with Gasteiger partial charge in [0.1, 0.15) is 5.82 Å². The van der Waals surface area contributed by atoms with Crippen LogP contribution in [0, 0.1) is 13.8 Å². The Morgan fingerprint density at radius 1 is 1.00 bits per heavy atom. The van der Waals surface area contributed by atoms with Crippen LogP contribution in [0.2, 0.25) is 10.0 Å². The average Bonchev–Trinajstić information content (AvgIpc) is 3.27. The second kappa shape index (κ2) is 7.95. The Labute approximate surface area is 175 Å². The maximum atomic E-state index is 6.21. The second-order valence-electron chi connectivity index (χ2n) is 6.07. The Hall–Kier alpha value is -2.35. The highest BCUT2D eigenvalue weighted by Crippen LogP contribution is 2.31. The van der Waals surface area contributed by atoms with Crippen LogP contribution >= 0.6 is 35.0 Å². The first kappa shape index (κ1) is 19.0. The highest BCUT2D eigenvalue weighted by Gasteiger charge is 2.16. The van der Waals surface area contributed by atoms with E-state index in [0.29, 0.717) is 33.1 Å². The van der Waals surface area contributed by atoms with Crippen LogP contribution in [0.15, 0.2) is 52.0 Å². The lowest BCUT2D eigenvalue weighted by Crippen LogP contribution is -2.01. The molecule has 2 heterocycles. The van der Waals surface area contributed by atoms with Crippen LogP contribution in [-0.2, 0) is 5.75 Å². The van der Waals surface area contributed by atoms with Gasteiger partial charge in [0.25, 0.3) is 0 Å². The molecule has 4 aromatic rings. The van der Waals surface area contributed by atoms with Gasteiger partial charge in [-0.05, 0) is 43.7 Å². The lowest BCUT2D eigenvalue weighted by atomic mass is 10.2. The van der Waals surface area contributed by atoms with E-state index >= 15 is 0 Å². The van der Waals surface area contributed by atoms with Crippen LogP contribution in [-0.4, -0.2) is 25.0 Å². The molecule has 0 saturated carbocycles. The first-order valence-electron chi connectivity index (χ1n) is 8.41. The molecule has 0 atom stereocenters. The zero-order valence-corrected chi connectivity index (χ0v) is 17.4. The third-order valence-corrected chi connectivity index (χ3v) is 5.57. The van der Waals surface area contributed by atoms with Crippen LogP contribution in [0.5, 0.6) is 0 Å². The van der Waals surface area contributed by atoms with Crippen LogP contribution < -0.4 is 0 Å². The molecule has 9 heteroatoms. The Bertz CT molecular complexity index is 1140. The molecule has 0 saturated heterocycles. The molecule has 0 bridgehead atoms. The number of hydrogen-bond donors (Lipinski definition) is 0. The van der Waals surface area contributed by atoms with Crippen molar-refractivity contribution in [3.63, 3.8) is 0 Å². The van der Waals surface area contributed by atoms with Crippen molar-refractivity contribution in [3.8, 4) is 17.1 Å². The summed E-state index contributed by atoms with van der Waals surface area (Å²) in [7, 11) is 0. The number of rotatable bonds is 5. The van der Waals surface area contributed by atoms with Gasteiger partial charge in [0, 0.05) is 5.02 Å². The summed E-state index contributed by atoms with van der Waals surface area (Å²) in [6.45, 7) is 3.99. The van der Waals surface area contributed by atoms with E-state index in [2.05, 4.69) is 33.4 Å². The molecule has 0 aliphatic rings. The van der Waals surface area contributed by atoms with Crippen LogP contribution in [0.4, 0.5) is 0 Å². The highest BCUT2D eigenvalue weighted by atomic mass is 35.5. The van der Waals surface area contributed by atoms with Crippen LogP contribution in [0.1, 0.15) is 17.3 Å². The molecule has 0 amide bonds. The Kier molecular flexibility index (Phi) is 5.39. The second-order valence-corrected chi connectivity index (χ2v) is 7.85. The molecular weight excluding hydrogens is 417 g/mol. The van der Waals surface area contributed by atoms with E-state index in [4.69, 9.17) is 27.6 Å². The standard InChI is InChI=1S/C19H15Cl2N5OS/c1-11-5-3-4-6-16(11)26-12(2)22-25-19(26)28-10-17-23-24-18(27-17)14-8-7-13(20)9-15(14)21/h3-9H,10H2,1-2H3. The summed E-state index contributed by atoms with van der Waals surface area (Å²) in [5.74, 6) is 2.11. The third kappa shape index (κ3) is 3.78. The molecule has 142 valence electrons. The summed E-state index contributed by atoms with van der Waals surface area (Å²) < 4.78 is 7.78. The van der Waals surface area contributed by atoms with Gasteiger partial charge < -0.3 is 4.42 Å². The van der Waals surface area contributed by atoms with Crippen molar-refractivity contribution >= 4 is 35.0 Å². The molecule has 0 radical (unpaired) electrons. The van der Waals surface area contributed by atoms with E-state index < -0.39 is 0 Å². The predicted octanol–water partition coefficient (Wildman–Crippen LogP) is 5.53. The van der Waals surface area contributed by atoms with E-state index in [0.717, 1.165) is 22.2 Å². The fourth-order valence-electron chi connectivity index (χ4n) is 2.74. The van der Waals surface area contributed by atoms with Gasteiger partial charge in [-0.15, -0.1) is 20.4 Å². The van der Waals surface area contributed by atoms with Gasteiger partial charge in [-0.25, -0.2) is 0 Å². The summed E-state index contributed by atoms with van der Waals surface area (Å²) >= 11 is 13.6.